The number of hydrogen-bond acceptors (Lipinski definition) is 5. The van der Waals surface area contributed by atoms with Crippen LogP contribution < -0.4 is 11.1 Å². The molecule has 3 amide bonds. The average molecular weight is 263 g/mol. The Morgan fingerprint density at radius 3 is 2.63 bits per heavy atom. The lowest BCUT2D eigenvalue weighted by molar-refractivity contribution is -0.131. The molecule has 1 aromatic rings. The molecule has 1 atom stereocenters. The van der Waals surface area contributed by atoms with Crippen LogP contribution in [0.4, 0.5) is 10.6 Å². The van der Waals surface area contributed by atoms with E-state index in [4.69, 9.17) is 5.73 Å². The van der Waals surface area contributed by atoms with Crippen LogP contribution in [-0.4, -0.2) is 32.3 Å². The lowest BCUT2D eigenvalue weighted by Crippen LogP contribution is -2.43. The zero-order valence-corrected chi connectivity index (χ0v) is 11.2. The van der Waals surface area contributed by atoms with E-state index < -0.39 is 11.6 Å². The van der Waals surface area contributed by atoms with E-state index in [-0.39, 0.29) is 12.5 Å². The Labute approximate surface area is 111 Å². The van der Waals surface area contributed by atoms with Crippen LogP contribution >= 0.6 is 0 Å². The third-order valence-electron chi connectivity index (χ3n) is 3.27. The Hall–Kier alpha value is -2.18. The smallest absolute Gasteiger partial charge is 0.325 e. The van der Waals surface area contributed by atoms with Gasteiger partial charge in [-0.25, -0.2) is 14.8 Å². The SMILES string of the molecule is CCC1(C)NC(=O)N(Cc2nc(C)cc(N)n2)C1=O. The van der Waals surface area contributed by atoms with E-state index in [1.807, 2.05) is 6.92 Å². The number of hydrogen-bond donors (Lipinski definition) is 2. The number of rotatable bonds is 3. The predicted octanol–water partition coefficient (Wildman–Crippen LogP) is 0.588. The van der Waals surface area contributed by atoms with E-state index in [0.29, 0.717) is 23.8 Å². The largest absolute Gasteiger partial charge is 0.384 e. The number of nitrogens with two attached hydrogens (primary N) is 1. The molecule has 1 unspecified atom stereocenters. The fourth-order valence-corrected chi connectivity index (χ4v) is 2.00. The fraction of sp³-hybridized carbons (Fsp3) is 0.500. The molecule has 3 N–H and O–H groups in total. The van der Waals surface area contributed by atoms with Gasteiger partial charge >= 0.3 is 6.03 Å². The minimum Gasteiger partial charge on any atom is -0.384 e. The van der Waals surface area contributed by atoms with Crippen molar-refractivity contribution in [2.24, 2.45) is 0 Å². The van der Waals surface area contributed by atoms with E-state index in [1.165, 1.54) is 0 Å². The van der Waals surface area contributed by atoms with E-state index in [0.717, 1.165) is 4.90 Å². The van der Waals surface area contributed by atoms with Crippen molar-refractivity contribution in [3.8, 4) is 0 Å². The first-order valence-corrected chi connectivity index (χ1v) is 6.10. The van der Waals surface area contributed by atoms with Crippen molar-refractivity contribution in [1.29, 1.82) is 0 Å². The first-order valence-electron chi connectivity index (χ1n) is 6.10. The number of aromatic nitrogens is 2. The molecule has 2 heterocycles. The number of nitrogens with zero attached hydrogens (tertiary/aromatic N) is 3. The van der Waals surface area contributed by atoms with Gasteiger partial charge in [0.15, 0.2) is 5.82 Å². The average Bonchev–Trinajstić information content (AvgIpc) is 2.53. The van der Waals surface area contributed by atoms with Crippen molar-refractivity contribution in [2.45, 2.75) is 39.3 Å². The summed E-state index contributed by atoms with van der Waals surface area (Å²) in [6.07, 6.45) is 0.533. The van der Waals surface area contributed by atoms with Gasteiger partial charge in [-0.1, -0.05) is 6.92 Å². The maximum Gasteiger partial charge on any atom is 0.325 e. The molecule has 0 aromatic carbocycles. The van der Waals surface area contributed by atoms with Gasteiger partial charge in [0.2, 0.25) is 0 Å². The number of amides is 3. The minimum absolute atomic E-state index is 0.0339. The Bertz CT molecular complexity index is 525. The molecule has 1 aromatic heterocycles. The number of carbonyl (C=O) groups excluding carboxylic acids is 2. The summed E-state index contributed by atoms with van der Waals surface area (Å²) in [7, 11) is 0. The van der Waals surface area contributed by atoms with Gasteiger partial charge < -0.3 is 11.1 Å². The molecule has 1 aliphatic heterocycles. The molecule has 1 aliphatic rings. The third kappa shape index (κ3) is 2.35. The zero-order chi connectivity index (χ0) is 14.2. The number of urea groups is 1. The van der Waals surface area contributed by atoms with Crippen LogP contribution in [0.25, 0.3) is 0 Å². The Morgan fingerprint density at radius 2 is 2.11 bits per heavy atom. The van der Waals surface area contributed by atoms with Crippen LogP contribution in [0, 0.1) is 6.92 Å². The molecule has 0 spiro atoms. The van der Waals surface area contributed by atoms with Crippen LogP contribution in [-0.2, 0) is 11.3 Å². The Morgan fingerprint density at radius 1 is 1.42 bits per heavy atom. The summed E-state index contributed by atoms with van der Waals surface area (Å²) in [5.74, 6) is 0.429. The molecule has 19 heavy (non-hydrogen) atoms. The number of nitrogen functional groups attached to an aromatic ring is 1. The lowest BCUT2D eigenvalue weighted by atomic mass is 9.99. The van der Waals surface area contributed by atoms with Crippen molar-refractivity contribution in [1.82, 2.24) is 20.2 Å². The Kier molecular flexibility index (Phi) is 3.13. The maximum atomic E-state index is 12.2. The summed E-state index contributed by atoms with van der Waals surface area (Å²) >= 11 is 0. The van der Waals surface area contributed by atoms with Crippen molar-refractivity contribution in [2.75, 3.05) is 5.73 Å². The number of anilines is 1. The molecule has 102 valence electrons. The van der Waals surface area contributed by atoms with Gasteiger partial charge in [-0.15, -0.1) is 0 Å². The van der Waals surface area contributed by atoms with Crippen LogP contribution in [0.1, 0.15) is 31.8 Å². The molecule has 0 bridgehead atoms. The molecule has 2 rings (SSSR count). The number of aryl methyl sites for hydroxylation is 1. The number of carbonyl (C=O) groups is 2. The summed E-state index contributed by atoms with van der Waals surface area (Å²) in [5.41, 5.74) is 5.49. The van der Waals surface area contributed by atoms with E-state index in [9.17, 15) is 9.59 Å². The highest BCUT2D eigenvalue weighted by atomic mass is 16.2. The topological polar surface area (TPSA) is 101 Å². The molecular weight excluding hydrogens is 246 g/mol. The number of imide groups is 1. The van der Waals surface area contributed by atoms with Crippen LogP contribution in [0.15, 0.2) is 6.07 Å². The molecule has 7 heteroatoms. The monoisotopic (exact) mass is 263 g/mol. The van der Waals surface area contributed by atoms with E-state index >= 15 is 0 Å². The molecule has 7 nitrogen and oxygen atoms in total. The highest BCUT2D eigenvalue weighted by molar-refractivity contribution is 6.06. The summed E-state index contributed by atoms with van der Waals surface area (Å²) in [5, 5.41) is 2.68. The first-order chi connectivity index (χ1) is 8.85. The van der Waals surface area contributed by atoms with Crippen molar-refractivity contribution in [3.63, 3.8) is 0 Å². The maximum absolute atomic E-state index is 12.2. The molecule has 1 fully saturated rings. The van der Waals surface area contributed by atoms with E-state index in [1.54, 1.807) is 19.9 Å². The first kappa shape index (κ1) is 13.3. The highest BCUT2D eigenvalue weighted by Gasteiger charge is 2.46. The molecular formula is C12H17N5O2. The second-order valence-electron chi connectivity index (χ2n) is 4.86. The minimum atomic E-state index is -0.841. The predicted molar refractivity (Wildman–Crippen MR) is 69.0 cm³/mol. The van der Waals surface area contributed by atoms with Gasteiger partial charge in [-0.2, -0.15) is 0 Å². The van der Waals surface area contributed by atoms with Crippen LogP contribution in [0.2, 0.25) is 0 Å². The molecule has 0 aliphatic carbocycles. The third-order valence-corrected chi connectivity index (χ3v) is 3.27. The van der Waals surface area contributed by atoms with Gasteiger partial charge in [0, 0.05) is 11.8 Å². The highest BCUT2D eigenvalue weighted by Crippen LogP contribution is 2.22. The quantitative estimate of drug-likeness (QED) is 0.777. The van der Waals surface area contributed by atoms with Crippen molar-refractivity contribution in [3.05, 3.63) is 17.6 Å². The summed E-state index contributed by atoms with van der Waals surface area (Å²) in [4.78, 5) is 33.4. The lowest BCUT2D eigenvalue weighted by Gasteiger charge is -2.19. The molecule has 1 saturated heterocycles. The molecule has 0 saturated carbocycles. The fourth-order valence-electron chi connectivity index (χ4n) is 2.00. The van der Waals surface area contributed by atoms with Gasteiger partial charge in [0.1, 0.15) is 11.4 Å². The summed E-state index contributed by atoms with van der Waals surface area (Å²) < 4.78 is 0. The van der Waals surface area contributed by atoms with Crippen LogP contribution in [0.3, 0.4) is 0 Å². The second-order valence-corrected chi connectivity index (χ2v) is 4.86. The Balaban J connectivity index is 2.24. The molecule has 0 radical (unpaired) electrons. The van der Waals surface area contributed by atoms with Crippen molar-refractivity contribution < 1.29 is 9.59 Å². The van der Waals surface area contributed by atoms with E-state index in [2.05, 4.69) is 15.3 Å². The number of nitrogens with one attached hydrogen (secondary N) is 1. The van der Waals surface area contributed by atoms with Gasteiger partial charge in [0.05, 0.1) is 6.54 Å². The zero-order valence-electron chi connectivity index (χ0n) is 11.2. The van der Waals surface area contributed by atoms with Gasteiger partial charge in [-0.05, 0) is 20.3 Å². The van der Waals surface area contributed by atoms with Crippen molar-refractivity contribution >= 4 is 17.8 Å². The van der Waals surface area contributed by atoms with Crippen LogP contribution in [0.5, 0.6) is 0 Å². The standard InChI is InChI=1S/C12H17N5O2/c1-4-12(3)10(18)17(11(19)16-12)6-9-14-7(2)5-8(13)15-9/h5H,4,6H2,1-3H3,(H,16,19)(H2,13,14,15). The summed E-state index contributed by atoms with van der Waals surface area (Å²) in [6.45, 7) is 5.37. The normalized spacial score (nSPS) is 22.8. The van der Waals surface area contributed by atoms with Gasteiger partial charge in [0.25, 0.3) is 5.91 Å². The second kappa shape index (κ2) is 4.49. The summed E-state index contributed by atoms with van der Waals surface area (Å²) in [6, 6.07) is 1.21. The van der Waals surface area contributed by atoms with Gasteiger partial charge in [-0.3, -0.25) is 9.69 Å².